The standard InChI is InChI=1S/C19H22ClN3OS2/c1-4-22(5-2)10-11-23(18(24)15-8-9-17(20)25-15)19-21-14-7-6-13(3)12-16(14)26-19/h6-9,12H,4-5,10-11H2,1-3H3/p+1. The van der Waals surface area contributed by atoms with Crippen LogP contribution in [0.5, 0.6) is 0 Å². The molecule has 0 bridgehead atoms. The molecule has 0 atom stereocenters. The van der Waals surface area contributed by atoms with Crippen LogP contribution in [0.2, 0.25) is 4.34 Å². The summed E-state index contributed by atoms with van der Waals surface area (Å²) >= 11 is 8.93. The predicted octanol–water partition coefficient (Wildman–Crippen LogP) is 3.89. The molecular formula is C19H23ClN3OS2+. The lowest BCUT2D eigenvalue weighted by Gasteiger charge is -2.22. The Morgan fingerprint density at radius 1 is 1.19 bits per heavy atom. The second kappa shape index (κ2) is 8.48. The highest BCUT2D eigenvalue weighted by Gasteiger charge is 2.24. The molecule has 0 saturated heterocycles. The van der Waals surface area contributed by atoms with Crippen LogP contribution < -0.4 is 9.80 Å². The Bertz CT molecular complexity index is 901. The molecular weight excluding hydrogens is 386 g/mol. The Kier molecular flexibility index (Phi) is 6.29. The van der Waals surface area contributed by atoms with Crippen molar-refractivity contribution >= 4 is 55.5 Å². The molecule has 7 heteroatoms. The zero-order valence-electron chi connectivity index (χ0n) is 15.2. The van der Waals surface area contributed by atoms with Gasteiger partial charge in [0.25, 0.3) is 5.91 Å². The summed E-state index contributed by atoms with van der Waals surface area (Å²) in [6, 6.07) is 9.76. The number of thiazole rings is 1. The van der Waals surface area contributed by atoms with Gasteiger partial charge in [-0.15, -0.1) is 11.3 Å². The molecule has 2 heterocycles. The van der Waals surface area contributed by atoms with E-state index in [2.05, 4.69) is 32.9 Å². The second-order valence-corrected chi connectivity index (χ2v) is 8.96. The minimum Gasteiger partial charge on any atom is -0.334 e. The zero-order valence-corrected chi connectivity index (χ0v) is 17.6. The zero-order chi connectivity index (χ0) is 18.7. The van der Waals surface area contributed by atoms with Crippen molar-refractivity contribution in [3.63, 3.8) is 0 Å². The Hall–Kier alpha value is -1.47. The van der Waals surface area contributed by atoms with Crippen LogP contribution in [0.15, 0.2) is 30.3 Å². The molecule has 4 nitrogen and oxygen atoms in total. The molecule has 2 aromatic heterocycles. The van der Waals surface area contributed by atoms with E-state index in [9.17, 15) is 4.79 Å². The van der Waals surface area contributed by atoms with Crippen LogP contribution in [-0.4, -0.2) is 37.1 Å². The first-order valence-electron chi connectivity index (χ1n) is 8.79. The van der Waals surface area contributed by atoms with Gasteiger partial charge in [0.2, 0.25) is 0 Å². The number of quaternary nitrogens is 1. The first-order chi connectivity index (χ1) is 12.5. The Morgan fingerprint density at radius 2 is 1.96 bits per heavy atom. The Morgan fingerprint density at radius 3 is 2.62 bits per heavy atom. The van der Waals surface area contributed by atoms with Gasteiger partial charge in [0, 0.05) is 0 Å². The average Bonchev–Trinajstić information content (AvgIpc) is 3.24. The first-order valence-corrected chi connectivity index (χ1v) is 10.8. The van der Waals surface area contributed by atoms with Gasteiger partial charge in [-0.05, 0) is 50.6 Å². The van der Waals surface area contributed by atoms with Crippen LogP contribution in [-0.2, 0) is 0 Å². The van der Waals surface area contributed by atoms with Crippen LogP contribution in [0, 0.1) is 6.92 Å². The van der Waals surface area contributed by atoms with E-state index in [1.807, 2.05) is 11.0 Å². The molecule has 1 amide bonds. The third kappa shape index (κ3) is 4.26. The van der Waals surface area contributed by atoms with Crippen LogP contribution in [0.3, 0.4) is 0 Å². The number of carbonyl (C=O) groups is 1. The fourth-order valence-electron chi connectivity index (χ4n) is 2.85. The van der Waals surface area contributed by atoms with E-state index in [0.29, 0.717) is 15.8 Å². The molecule has 26 heavy (non-hydrogen) atoms. The van der Waals surface area contributed by atoms with E-state index in [4.69, 9.17) is 16.6 Å². The number of carbonyl (C=O) groups excluding carboxylic acids is 1. The molecule has 3 rings (SSSR count). The molecule has 0 saturated carbocycles. The summed E-state index contributed by atoms with van der Waals surface area (Å²) in [5.74, 6) is -0.0239. The van der Waals surface area contributed by atoms with E-state index in [1.54, 1.807) is 23.5 Å². The fraction of sp³-hybridized carbons (Fsp3) is 0.368. The minimum absolute atomic E-state index is 0.0239. The molecule has 1 N–H and O–H groups in total. The van der Waals surface area contributed by atoms with Crippen molar-refractivity contribution in [3.05, 3.63) is 45.1 Å². The quantitative estimate of drug-likeness (QED) is 0.644. The van der Waals surface area contributed by atoms with Crippen LogP contribution in [0.25, 0.3) is 10.2 Å². The smallest absolute Gasteiger partial charge is 0.270 e. The van der Waals surface area contributed by atoms with Crippen molar-refractivity contribution in [2.24, 2.45) is 0 Å². The van der Waals surface area contributed by atoms with E-state index >= 15 is 0 Å². The summed E-state index contributed by atoms with van der Waals surface area (Å²) in [7, 11) is 0. The number of aromatic nitrogens is 1. The number of likely N-dealkylation sites (N-methyl/N-ethyl adjacent to an activating group) is 1. The van der Waals surface area contributed by atoms with Gasteiger partial charge >= 0.3 is 0 Å². The summed E-state index contributed by atoms with van der Waals surface area (Å²) in [5, 5.41) is 0.756. The number of rotatable bonds is 7. The molecule has 0 fully saturated rings. The van der Waals surface area contributed by atoms with E-state index in [0.717, 1.165) is 35.0 Å². The number of hydrogen-bond acceptors (Lipinski definition) is 4. The first kappa shape index (κ1) is 19.3. The number of hydrogen-bond donors (Lipinski definition) is 1. The summed E-state index contributed by atoms with van der Waals surface area (Å²) in [4.78, 5) is 21.8. The molecule has 0 radical (unpaired) electrons. The summed E-state index contributed by atoms with van der Waals surface area (Å²) in [5.41, 5.74) is 2.14. The van der Waals surface area contributed by atoms with Gasteiger partial charge in [0.15, 0.2) is 5.13 Å². The van der Waals surface area contributed by atoms with Gasteiger partial charge < -0.3 is 4.90 Å². The van der Waals surface area contributed by atoms with Gasteiger partial charge in [-0.3, -0.25) is 9.69 Å². The van der Waals surface area contributed by atoms with Crippen LogP contribution in [0.4, 0.5) is 5.13 Å². The number of nitrogens with one attached hydrogen (secondary N) is 1. The van der Waals surface area contributed by atoms with Gasteiger partial charge in [0.1, 0.15) is 0 Å². The minimum atomic E-state index is -0.0239. The highest BCUT2D eigenvalue weighted by atomic mass is 35.5. The van der Waals surface area contributed by atoms with Crippen molar-refractivity contribution in [1.29, 1.82) is 0 Å². The normalized spacial score (nSPS) is 11.4. The highest BCUT2D eigenvalue weighted by Crippen LogP contribution is 2.31. The number of fused-ring (bicyclic) bond motifs is 1. The number of benzene rings is 1. The van der Waals surface area contributed by atoms with Crippen molar-refractivity contribution in [2.75, 3.05) is 31.1 Å². The summed E-state index contributed by atoms with van der Waals surface area (Å²) in [6.45, 7) is 10.0. The molecule has 0 aliphatic rings. The van der Waals surface area contributed by atoms with Gasteiger partial charge in [0.05, 0.1) is 45.6 Å². The lowest BCUT2D eigenvalue weighted by atomic mass is 10.2. The van der Waals surface area contributed by atoms with Crippen molar-refractivity contribution in [3.8, 4) is 0 Å². The van der Waals surface area contributed by atoms with E-state index < -0.39 is 0 Å². The third-order valence-corrected chi connectivity index (χ3v) is 6.74. The lowest BCUT2D eigenvalue weighted by Crippen LogP contribution is -3.12. The average molecular weight is 409 g/mol. The van der Waals surface area contributed by atoms with Crippen LogP contribution in [0.1, 0.15) is 29.1 Å². The number of nitrogens with zero attached hydrogens (tertiary/aromatic N) is 2. The SMILES string of the molecule is CC[NH+](CC)CCN(C(=O)c1ccc(Cl)s1)c1nc2ccc(C)cc2s1. The maximum atomic E-state index is 13.1. The molecule has 0 unspecified atom stereocenters. The number of aryl methyl sites for hydroxylation is 1. The highest BCUT2D eigenvalue weighted by molar-refractivity contribution is 7.22. The van der Waals surface area contributed by atoms with Crippen LogP contribution >= 0.6 is 34.3 Å². The van der Waals surface area contributed by atoms with Gasteiger partial charge in [-0.2, -0.15) is 0 Å². The number of halogens is 1. The molecule has 138 valence electrons. The number of amides is 1. The lowest BCUT2D eigenvalue weighted by molar-refractivity contribution is -0.894. The van der Waals surface area contributed by atoms with Crippen molar-refractivity contribution < 1.29 is 9.69 Å². The number of thiophene rings is 1. The van der Waals surface area contributed by atoms with Crippen molar-refractivity contribution in [1.82, 2.24) is 4.98 Å². The fourth-order valence-corrected chi connectivity index (χ4v) is 4.94. The molecule has 0 aliphatic heterocycles. The molecule has 1 aromatic carbocycles. The van der Waals surface area contributed by atoms with E-state index in [-0.39, 0.29) is 5.91 Å². The third-order valence-electron chi connectivity index (χ3n) is 4.48. The Labute approximate surface area is 167 Å². The van der Waals surface area contributed by atoms with E-state index in [1.165, 1.54) is 21.8 Å². The summed E-state index contributed by atoms with van der Waals surface area (Å²) in [6.07, 6.45) is 0. The van der Waals surface area contributed by atoms with Crippen molar-refractivity contribution in [2.45, 2.75) is 20.8 Å². The summed E-state index contributed by atoms with van der Waals surface area (Å²) < 4.78 is 1.74. The Balaban J connectivity index is 1.93. The predicted molar refractivity (Wildman–Crippen MR) is 112 cm³/mol. The molecule has 3 aromatic rings. The maximum absolute atomic E-state index is 13.1. The van der Waals surface area contributed by atoms with Gasteiger partial charge in [-0.25, -0.2) is 4.98 Å². The number of anilines is 1. The second-order valence-electron chi connectivity index (χ2n) is 6.24. The topological polar surface area (TPSA) is 37.6 Å². The van der Waals surface area contributed by atoms with Gasteiger partial charge in [-0.1, -0.05) is 29.0 Å². The maximum Gasteiger partial charge on any atom is 0.270 e. The largest absolute Gasteiger partial charge is 0.334 e. The molecule has 0 spiro atoms. The molecule has 0 aliphatic carbocycles. The monoisotopic (exact) mass is 408 g/mol.